The van der Waals surface area contributed by atoms with Crippen molar-refractivity contribution in [3.05, 3.63) is 27.5 Å². The van der Waals surface area contributed by atoms with E-state index >= 15 is 0 Å². The Hall–Kier alpha value is -1.09. The molecule has 1 N–H and O–H groups in total. The van der Waals surface area contributed by atoms with Crippen molar-refractivity contribution in [2.45, 2.75) is 32.4 Å². The second-order valence-corrected chi connectivity index (χ2v) is 10.2. The number of aromatic nitrogens is 1. The number of rotatable bonds is 3. The lowest BCUT2D eigenvalue weighted by Gasteiger charge is -2.27. The monoisotopic (exact) mass is 415 g/mol. The third kappa shape index (κ3) is 4.36. The first kappa shape index (κ1) is 18.7. The van der Waals surface area contributed by atoms with Crippen LogP contribution in [-0.2, 0) is 4.79 Å². The van der Waals surface area contributed by atoms with Gasteiger partial charge in [-0.15, -0.1) is 34.4 Å². The van der Waals surface area contributed by atoms with E-state index in [1.165, 1.54) is 22.7 Å². The molecule has 9 heteroatoms. The van der Waals surface area contributed by atoms with Crippen molar-refractivity contribution in [2.75, 3.05) is 11.6 Å². The topological polar surface area (TPSA) is 62.3 Å². The molecule has 1 fully saturated rings. The molecule has 2 aromatic heterocycles. The fraction of sp³-hybridized carbons (Fsp3) is 0.438. The Kier molecular flexibility index (Phi) is 5.43. The molecule has 1 aliphatic rings. The molecule has 1 saturated heterocycles. The summed E-state index contributed by atoms with van der Waals surface area (Å²) < 4.78 is 0.688. The number of nitrogens with one attached hydrogen (secondary N) is 1. The molecule has 2 aromatic rings. The summed E-state index contributed by atoms with van der Waals surface area (Å²) in [5.41, 5.74) is 0.0475. The summed E-state index contributed by atoms with van der Waals surface area (Å²) in [6, 6.07) is 3.25. The maximum Gasteiger partial charge on any atom is 0.274 e. The largest absolute Gasteiger partial charge is 0.350 e. The van der Waals surface area contributed by atoms with Gasteiger partial charge in [0.15, 0.2) is 0 Å². The lowest BCUT2D eigenvalue weighted by Crippen LogP contribution is -2.52. The van der Waals surface area contributed by atoms with Gasteiger partial charge < -0.3 is 10.2 Å². The molecule has 0 radical (unpaired) electrons. The van der Waals surface area contributed by atoms with E-state index in [2.05, 4.69) is 10.3 Å². The Morgan fingerprint density at radius 2 is 2.12 bits per heavy atom. The number of nitrogens with zero attached hydrogens (tertiary/aromatic N) is 2. The Bertz CT molecular complexity index is 797. The summed E-state index contributed by atoms with van der Waals surface area (Å²) in [5, 5.41) is 5.46. The second kappa shape index (κ2) is 7.26. The van der Waals surface area contributed by atoms with Crippen LogP contribution >= 0.6 is 46.0 Å². The van der Waals surface area contributed by atoms with Crippen molar-refractivity contribution >= 4 is 57.9 Å². The molecule has 3 rings (SSSR count). The lowest BCUT2D eigenvalue weighted by atomic mass is 10.1. The maximum atomic E-state index is 12.8. The SMILES string of the molecule is CC(C)(C)NC(=O)C1CSCN1C(=O)c1csc(-c2ccc(Cl)s2)n1. The third-order valence-electron chi connectivity index (χ3n) is 3.45. The molecular formula is C16H18ClN3O2S3. The molecule has 5 nitrogen and oxygen atoms in total. The normalized spacial score (nSPS) is 17.8. The summed E-state index contributed by atoms with van der Waals surface area (Å²) >= 11 is 10.4. The standard InChI is InChI=1S/C16H18ClN3O2S3/c1-16(2,3)19-13(21)10-7-23-8-20(10)15(22)9-6-24-14(18-9)11-4-5-12(17)25-11/h4-6,10H,7-8H2,1-3H3,(H,19,21). The average Bonchev–Trinajstić information content (AvgIpc) is 3.24. The highest BCUT2D eigenvalue weighted by atomic mass is 35.5. The molecule has 0 spiro atoms. The molecule has 1 atom stereocenters. The molecule has 134 valence electrons. The summed E-state index contributed by atoms with van der Waals surface area (Å²) in [5.74, 6) is 0.778. The number of carbonyl (C=O) groups is 2. The van der Waals surface area contributed by atoms with Crippen LogP contribution < -0.4 is 5.32 Å². The molecule has 0 aromatic carbocycles. The molecule has 2 amide bonds. The van der Waals surface area contributed by atoms with Crippen LogP contribution in [0.15, 0.2) is 17.5 Å². The quantitative estimate of drug-likeness (QED) is 0.824. The van der Waals surface area contributed by atoms with Crippen LogP contribution in [-0.4, -0.2) is 44.9 Å². The van der Waals surface area contributed by atoms with Gasteiger partial charge in [-0.3, -0.25) is 9.59 Å². The third-order valence-corrected chi connectivity index (χ3v) is 6.71. The summed E-state index contributed by atoms with van der Waals surface area (Å²) in [7, 11) is 0. The number of hydrogen-bond donors (Lipinski definition) is 1. The molecule has 0 bridgehead atoms. The van der Waals surface area contributed by atoms with E-state index in [4.69, 9.17) is 11.6 Å². The van der Waals surface area contributed by atoms with Crippen LogP contribution in [0.4, 0.5) is 0 Å². The zero-order valence-electron chi connectivity index (χ0n) is 14.0. The fourth-order valence-corrected chi connectivity index (χ4v) is 5.44. The first-order valence-corrected chi connectivity index (χ1v) is 10.9. The highest BCUT2D eigenvalue weighted by Gasteiger charge is 2.37. The van der Waals surface area contributed by atoms with Crippen LogP contribution in [0, 0.1) is 0 Å². The number of thiophene rings is 1. The zero-order chi connectivity index (χ0) is 18.2. The van der Waals surface area contributed by atoms with Crippen molar-refractivity contribution in [1.82, 2.24) is 15.2 Å². The minimum absolute atomic E-state index is 0.119. The molecule has 25 heavy (non-hydrogen) atoms. The second-order valence-electron chi connectivity index (χ2n) is 6.67. The van der Waals surface area contributed by atoms with Crippen molar-refractivity contribution in [1.29, 1.82) is 0 Å². The van der Waals surface area contributed by atoms with Gasteiger partial charge in [-0.2, -0.15) is 0 Å². The predicted molar refractivity (Wildman–Crippen MR) is 106 cm³/mol. The van der Waals surface area contributed by atoms with E-state index in [1.807, 2.05) is 32.9 Å². The predicted octanol–water partition coefficient (Wildman–Crippen LogP) is 3.95. The highest BCUT2D eigenvalue weighted by molar-refractivity contribution is 7.99. The minimum Gasteiger partial charge on any atom is -0.350 e. The summed E-state index contributed by atoms with van der Waals surface area (Å²) in [6.45, 7) is 5.79. The van der Waals surface area contributed by atoms with E-state index in [0.717, 1.165) is 9.88 Å². The van der Waals surface area contributed by atoms with Gasteiger partial charge in [0.25, 0.3) is 5.91 Å². The van der Waals surface area contributed by atoms with Gasteiger partial charge in [0, 0.05) is 16.7 Å². The Morgan fingerprint density at radius 1 is 1.36 bits per heavy atom. The van der Waals surface area contributed by atoms with Gasteiger partial charge in [0.05, 0.1) is 15.1 Å². The van der Waals surface area contributed by atoms with Crippen LogP contribution in [0.3, 0.4) is 0 Å². The molecule has 0 saturated carbocycles. The van der Waals surface area contributed by atoms with E-state index < -0.39 is 6.04 Å². The van der Waals surface area contributed by atoms with Crippen molar-refractivity contribution in [3.63, 3.8) is 0 Å². The molecule has 0 aliphatic carbocycles. The maximum absolute atomic E-state index is 12.8. The van der Waals surface area contributed by atoms with Gasteiger partial charge in [-0.1, -0.05) is 11.6 Å². The fourth-order valence-electron chi connectivity index (χ4n) is 2.37. The van der Waals surface area contributed by atoms with Crippen molar-refractivity contribution in [2.24, 2.45) is 0 Å². The molecule has 3 heterocycles. The first-order valence-electron chi connectivity index (χ1n) is 7.66. The van der Waals surface area contributed by atoms with Gasteiger partial charge in [0.2, 0.25) is 5.91 Å². The van der Waals surface area contributed by atoms with E-state index in [9.17, 15) is 9.59 Å². The van der Waals surface area contributed by atoms with Crippen LogP contribution in [0.1, 0.15) is 31.3 Å². The van der Waals surface area contributed by atoms with E-state index in [0.29, 0.717) is 21.7 Å². The number of amides is 2. The number of thiazole rings is 1. The minimum atomic E-state index is -0.460. The Labute approximate surface area is 163 Å². The number of hydrogen-bond acceptors (Lipinski definition) is 6. The Morgan fingerprint density at radius 3 is 2.76 bits per heavy atom. The van der Waals surface area contributed by atoms with Gasteiger partial charge in [-0.25, -0.2) is 4.98 Å². The Balaban J connectivity index is 1.76. The van der Waals surface area contributed by atoms with Gasteiger partial charge in [-0.05, 0) is 32.9 Å². The lowest BCUT2D eigenvalue weighted by molar-refractivity contribution is -0.125. The van der Waals surface area contributed by atoms with Gasteiger partial charge in [0.1, 0.15) is 16.7 Å². The van der Waals surface area contributed by atoms with Crippen LogP contribution in [0.5, 0.6) is 0 Å². The molecular weight excluding hydrogens is 398 g/mol. The van der Waals surface area contributed by atoms with Crippen LogP contribution in [0.25, 0.3) is 9.88 Å². The molecule has 1 unspecified atom stereocenters. The van der Waals surface area contributed by atoms with E-state index in [-0.39, 0.29) is 17.4 Å². The number of halogens is 1. The number of carbonyl (C=O) groups excluding carboxylic acids is 2. The first-order chi connectivity index (χ1) is 11.7. The number of thioether (sulfide) groups is 1. The van der Waals surface area contributed by atoms with Crippen molar-refractivity contribution < 1.29 is 9.59 Å². The van der Waals surface area contributed by atoms with Crippen LogP contribution in [0.2, 0.25) is 4.34 Å². The zero-order valence-corrected chi connectivity index (χ0v) is 17.2. The smallest absolute Gasteiger partial charge is 0.274 e. The van der Waals surface area contributed by atoms with Crippen molar-refractivity contribution in [3.8, 4) is 9.88 Å². The summed E-state index contributed by atoms with van der Waals surface area (Å²) in [4.78, 5) is 32.3. The molecule has 1 aliphatic heterocycles. The average molecular weight is 416 g/mol. The van der Waals surface area contributed by atoms with E-state index in [1.54, 1.807) is 22.0 Å². The highest BCUT2D eigenvalue weighted by Crippen LogP contribution is 2.33. The van der Waals surface area contributed by atoms with Gasteiger partial charge >= 0.3 is 0 Å². The summed E-state index contributed by atoms with van der Waals surface area (Å²) in [6.07, 6.45) is 0.